The quantitative estimate of drug-likeness (QED) is 0.719. The first-order chi connectivity index (χ1) is 11.5. The third-order valence-electron chi connectivity index (χ3n) is 3.56. The van der Waals surface area contributed by atoms with Crippen molar-refractivity contribution in [2.24, 2.45) is 0 Å². The van der Waals surface area contributed by atoms with Crippen molar-refractivity contribution in [1.82, 2.24) is 5.16 Å². The molecule has 7 heteroatoms. The number of aryl methyl sites for hydroxylation is 2. The molecule has 0 spiro atoms. The van der Waals surface area contributed by atoms with Crippen LogP contribution in [0.4, 0.5) is 5.69 Å². The molecule has 0 unspecified atom stereocenters. The van der Waals surface area contributed by atoms with Crippen LogP contribution in [0.3, 0.4) is 0 Å². The first kappa shape index (κ1) is 17.8. The zero-order valence-electron chi connectivity index (χ0n) is 14.4. The summed E-state index contributed by atoms with van der Waals surface area (Å²) in [6.07, 6.45) is 0. The van der Waals surface area contributed by atoms with Crippen LogP contribution in [0, 0.1) is 13.8 Å². The number of ether oxygens (including phenoxy) is 2. The average Bonchev–Trinajstić information content (AvgIpc) is 2.86. The summed E-state index contributed by atoms with van der Waals surface area (Å²) in [5, 5.41) is 4.78. The van der Waals surface area contributed by atoms with E-state index >= 15 is 0 Å². The van der Waals surface area contributed by atoms with Crippen LogP contribution in [0.2, 0.25) is 0 Å². The molecule has 0 amide bonds. The Bertz CT molecular complexity index is 718. The van der Waals surface area contributed by atoms with E-state index in [4.69, 9.17) is 14.0 Å². The Balaban J connectivity index is 2.37. The summed E-state index contributed by atoms with van der Waals surface area (Å²) in [7, 11) is 0. The highest BCUT2D eigenvalue weighted by atomic mass is 16.5. The van der Waals surface area contributed by atoms with Gasteiger partial charge < -0.3 is 18.9 Å². The van der Waals surface area contributed by atoms with E-state index in [1.807, 2.05) is 26.0 Å². The summed E-state index contributed by atoms with van der Waals surface area (Å²) < 4.78 is 15.3. The minimum absolute atomic E-state index is 0.0384. The third kappa shape index (κ3) is 4.04. The van der Waals surface area contributed by atoms with E-state index in [-0.39, 0.29) is 26.3 Å². The van der Waals surface area contributed by atoms with E-state index in [1.54, 1.807) is 18.7 Å². The molecule has 1 aromatic carbocycles. The molecule has 0 saturated heterocycles. The largest absolute Gasteiger partial charge is 0.465 e. The second kappa shape index (κ2) is 7.81. The molecule has 0 fully saturated rings. The number of carbonyl (C=O) groups is 2. The fourth-order valence-electron chi connectivity index (χ4n) is 2.49. The van der Waals surface area contributed by atoms with E-state index in [9.17, 15) is 9.59 Å². The van der Waals surface area contributed by atoms with Crippen molar-refractivity contribution in [3.63, 3.8) is 0 Å². The number of carbonyl (C=O) groups excluding carboxylic acids is 2. The summed E-state index contributed by atoms with van der Waals surface area (Å²) in [6.45, 7) is 7.70. The Morgan fingerprint density at radius 2 is 1.67 bits per heavy atom. The number of hydrogen-bond acceptors (Lipinski definition) is 7. The number of aromatic nitrogens is 1. The minimum atomic E-state index is -0.400. The lowest BCUT2D eigenvalue weighted by atomic mass is 10.1. The maximum Gasteiger partial charge on any atom is 0.325 e. The lowest BCUT2D eigenvalue weighted by Crippen LogP contribution is -2.36. The molecule has 1 aromatic heterocycles. The highest BCUT2D eigenvalue weighted by Crippen LogP contribution is 2.28. The van der Waals surface area contributed by atoms with E-state index < -0.39 is 11.9 Å². The maximum atomic E-state index is 11.9. The van der Waals surface area contributed by atoms with Gasteiger partial charge in [0.05, 0.1) is 18.9 Å². The predicted molar refractivity (Wildman–Crippen MR) is 89.0 cm³/mol. The van der Waals surface area contributed by atoms with Gasteiger partial charge in [-0.05, 0) is 45.4 Å². The number of anilines is 1. The second-order valence-corrected chi connectivity index (χ2v) is 5.37. The minimum Gasteiger partial charge on any atom is -0.465 e. The molecule has 2 aromatic rings. The zero-order valence-corrected chi connectivity index (χ0v) is 14.4. The van der Waals surface area contributed by atoms with Gasteiger partial charge in [0.2, 0.25) is 0 Å². The first-order valence-corrected chi connectivity index (χ1v) is 7.89. The molecule has 0 aliphatic carbocycles. The van der Waals surface area contributed by atoms with Gasteiger partial charge in [-0.25, -0.2) is 0 Å². The Hall–Kier alpha value is -2.57. The van der Waals surface area contributed by atoms with Gasteiger partial charge in [0.15, 0.2) is 5.58 Å². The van der Waals surface area contributed by atoms with Crippen molar-refractivity contribution in [2.45, 2.75) is 27.7 Å². The van der Waals surface area contributed by atoms with E-state index in [1.165, 1.54) is 0 Å². The molecule has 130 valence electrons. The maximum absolute atomic E-state index is 11.9. The fraction of sp³-hybridized carbons (Fsp3) is 0.471. The Kier molecular flexibility index (Phi) is 5.78. The third-order valence-corrected chi connectivity index (χ3v) is 3.56. The number of rotatable bonds is 7. The highest BCUT2D eigenvalue weighted by Gasteiger charge is 2.20. The van der Waals surface area contributed by atoms with Gasteiger partial charge in [-0.15, -0.1) is 0 Å². The van der Waals surface area contributed by atoms with Gasteiger partial charge in [-0.1, -0.05) is 5.16 Å². The topological polar surface area (TPSA) is 81.9 Å². The zero-order chi connectivity index (χ0) is 17.7. The SMILES string of the molecule is CCOC(=O)CN(CC(=O)OCC)c1cc2c(C)noc2cc1C. The molecule has 24 heavy (non-hydrogen) atoms. The molecule has 7 nitrogen and oxygen atoms in total. The Morgan fingerprint density at radius 3 is 2.21 bits per heavy atom. The van der Waals surface area contributed by atoms with Crippen LogP contribution in [-0.4, -0.2) is 43.4 Å². The average molecular weight is 334 g/mol. The van der Waals surface area contributed by atoms with Crippen LogP contribution in [0.15, 0.2) is 16.7 Å². The van der Waals surface area contributed by atoms with Crippen LogP contribution in [0.1, 0.15) is 25.1 Å². The molecule has 0 radical (unpaired) electrons. The summed E-state index contributed by atoms with van der Waals surface area (Å²) in [4.78, 5) is 25.5. The van der Waals surface area contributed by atoms with Crippen molar-refractivity contribution >= 4 is 28.6 Å². The number of nitrogens with zero attached hydrogens (tertiary/aromatic N) is 2. The highest BCUT2D eigenvalue weighted by molar-refractivity contribution is 5.88. The monoisotopic (exact) mass is 334 g/mol. The molecule has 2 rings (SSSR count). The molecule has 0 atom stereocenters. The predicted octanol–water partition coefficient (Wildman–Crippen LogP) is 2.38. The molecule has 1 heterocycles. The molecular weight excluding hydrogens is 312 g/mol. The van der Waals surface area contributed by atoms with Gasteiger partial charge in [0.25, 0.3) is 0 Å². The van der Waals surface area contributed by atoms with Crippen molar-refractivity contribution in [3.05, 3.63) is 23.4 Å². The van der Waals surface area contributed by atoms with Crippen molar-refractivity contribution in [1.29, 1.82) is 0 Å². The number of esters is 2. The van der Waals surface area contributed by atoms with Gasteiger partial charge in [-0.3, -0.25) is 9.59 Å². The fourth-order valence-corrected chi connectivity index (χ4v) is 2.49. The van der Waals surface area contributed by atoms with Crippen LogP contribution >= 0.6 is 0 Å². The van der Waals surface area contributed by atoms with E-state index in [2.05, 4.69) is 5.16 Å². The van der Waals surface area contributed by atoms with Crippen molar-refractivity contribution < 1.29 is 23.6 Å². The van der Waals surface area contributed by atoms with Crippen LogP contribution in [0.5, 0.6) is 0 Å². The van der Waals surface area contributed by atoms with Gasteiger partial charge in [0, 0.05) is 11.1 Å². The van der Waals surface area contributed by atoms with Gasteiger partial charge >= 0.3 is 11.9 Å². The van der Waals surface area contributed by atoms with Crippen LogP contribution in [-0.2, 0) is 19.1 Å². The van der Waals surface area contributed by atoms with Gasteiger partial charge in [0.1, 0.15) is 13.1 Å². The molecule has 0 saturated carbocycles. The summed E-state index contributed by atoms with van der Waals surface area (Å²) >= 11 is 0. The first-order valence-electron chi connectivity index (χ1n) is 7.89. The van der Waals surface area contributed by atoms with Crippen LogP contribution < -0.4 is 4.90 Å². The summed E-state index contributed by atoms with van der Waals surface area (Å²) in [6, 6.07) is 3.71. The molecule has 0 aliphatic rings. The Morgan fingerprint density at radius 1 is 1.08 bits per heavy atom. The van der Waals surface area contributed by atoms with E-state index in [0.29, 0.717) is 5.58 Å². The normalized spacial score (nSPS) is 10.7. The lowest BCUT2D eigenvalue weighted by molar-refractivity contribution is -0.142. The summed E-state index contributed by atoms with van der Waals surface area (Å²) in [5.74, 6) is -0.799. The molecule has 0 bridgehead atoms. The Labute approximate surface area is 140 Å². The molecule has 0 aliphatic heterocycles. The van der Waals surface area contributed by atoms with Crippen LogP contribution in [0.25, 0.3) is 11.0 Å². The number of hydrogen-bond donors (Lipinski definition) is 0. The molecular formula is C17H22N2O5. The van der Waals surface area contributed by atoms with Crippen molar-refractivity contribution in [2.75, 3.05) is 31.2 Å². The molecule has 0 N–H and O–H groups in total. The number of fused-ring (bicyclic) bond motifs is 1. The summed E-state index contributed by atoms with van der Waals surface area (Å²) in [5.41, 5.74) is 3.03. The lowest BCUT2D eigenvalue weighted by Gasteiger charge is -2.24. The number of benzene rings is 1. The second-order valence-electron chi connectivity index (χ2n) is 5.37. The smallest absolute Gasteiger partial charge is 0.325 e. The van der Waals surface area contributed by atoms with Gasteiger partial charge in [-0.2, -0.15) is 0 Å². The standard InChI is InChI=1S/C17H22N2O5/c1-5-22-16(20)9-19(10-17(21)23-6-2)14-8-13-12(4)18-24-15(13)7-11(14)3/h7-8H,5-6,9-10H2,1-4H3. The van der Waals surface area contributed by atoms with Crippen molar-refractivity contribution in [3.8, 4) is 0 Å². The van der Waals surface area contributed by atoms with E-state index in [0.717, 1.165) is 22.3 Å².